The summed E-state index contributed by atoms with van der Waals surface area (Å²) in [4.78, 5) is 7.80. The fraction of sp³-hybridized carbons (Fsp3) is 0.500. The van der Waals surface area contributed by atoms with Crippen molar-refractivity contribution >= 4 is 12.2 Å². The van der Waals surface area contributed by atoms with E-state index in [1.54, 1.807) is 13.1 Å². The van der Waals surface area contributed by atoms with Crippen molar-refractivity contribution in [3.8, 4) is 0 Å². The van der Waals surface area contributed by atoms with Crippen LogP contribution in [0.25, 0.3) is 0 Å². The molecule has 1 aromatic heterocycles. The number of aromatic nitrogens is 3. The molecule has 2 heterocycles. The maximum Gasteiger partial charge on any atom is 0.250 e. The van der Waals surface area contributed by atoms with E-state index >= 15 is 0 Å². The topological polar surface area (TPSA) is 63.3 Å². The SMILES string of the molecule is CC1(O)CC=Nc2ncnn21. The predicted octanol–water partition coefficient (Wildman–Crippen LogP) is 0.0491. The lowest BCUT2D eigenvalue weighted by Crippen LogP contribution is -2.32. The highest BCUT2D eigenvalue weighted by atomic mass is 16.3. The molecule has 0 spiro atoms. The summed E-state index contributed by atoms with van der Waals surface area (Å²) in [6.45, 7) is 1.68. The molecule has 1 atom stereocenters. The number of aliphatic imine (C=N–C) groups is 1. The van der Waals surface area contributed by atoms with Gasteiger partial charge in [-0.25, -0.2) is 4.99 Å². The third-order valence-electron chi connectivity index (χ3n) is 1.67. The Bertz CT molecular complexity index is 301. The molecule has 58 valence electrons. The predicted molar refractivity (Wildman–Crippen MR) is 38.7 cm³/mol. The largest absolute Gasteiger partial charge is 0.369 e. The maximum absolute atomic E-state index is 9.68. The first kappa shape index (κ1) is 6.48. The van der Waals surface area contributed by atoms with Gasteiger partial charge in [0.1, 0.15) is 6.33 Å². The zero-order valence-electron chi connectivity index (χ0n) is 6.10. The van der Waals surface area contributed by atoms with E-state index in [0.29, 0.717) is 12.4 Å². The van der Waals surface area contributed by atoms with Gasteiger partial charge in [-0.1, -0.05) is 0 Å². The first-order chi connectivity index (χ1) is 5.20. The van der Waals surface area contributed by atoms with Gasteiger partial charge in [0.15, 0.2) is 5.72 Å². The lowest BCUT2D eigenvalue weighted by atomic mass is 10.2. The second-order valence-corrected chi connectivity index (χ2v) is 2.70. The molecule has 1 N–H and O–H groups in total. The normalized spacial score (nSPS) is 28.5. The molecule has 0 saturated carbocycles. The molecule has 1 aromatic rings. The van der Waals surface area contributed by atoms with Crippen molar-refractivity contribution in [2.24, 2.45) is 4.99 Å². The number of aliphatic hydroxyl groups is 1. The van der Waals surface area contributed by atoms with Crippen LogP contribution in [0.1, 0.15) is 13.3 Å². The van der Waals surface area contributed by atoms with E-state index in [9.17, 15) is 5.11 Å². The molecule has 0 amide bonds. The molecule has 5 nitrogen and oxygen atoms in total. The van der Waals surface area contributed by atoms with E-state index in [-0.39, 0.29) is 0 Å². The average Bonchev–Trinajstić information content (AvgIpc) is 2.34. The van der Waals surface area contributed by atoms with Gasteiger partial charge in [0.2, 0.25) is 5.95 Å². The third kappa shape index (κ3) is 0.848. The lowest BCUT2D eigenvalue weighted by molar-refractivity contribution is -0.0222. The first-order valence-electron chi connectivity index (χ1n) is 3.35. The van der Waals surface area contributed by atoms with Gasteiger partial charge in [0.05, 0.1) is 0 Å². The molecule has 0 bridgehead atoms. The molecular formula is C6H8N4O. The molecule has 0 aromatic carbocycles. The third-order valence-corrected chi connectivity index (χ3v) is 1.67. The van der Waals surface area contributed by atoms with Gasteiger partial charge in [0, 0.05) is 12.6 Å². The number of hydrogen-bond acceptors (Lipinski definition) is 4. The fourth-order valence-electron chi connectivity index (χ4n) is 1.05. The molecule has 1 unspecified atom stereocenters. The van der Waals surface area contributed by atoms with Crippen LogP contribution < -0.4 is 0 Å². The number of fused-ring (bicyclic) bond motifs is 1. The van der Waals surface area contributed by atoms with Crippen LogP contribution in [-0.4, -0.2) is 26.1 Å². The van der Waals surface area contributed by atoms with Crippen molar-refractivity contribution in [1.29, 1.82) is 0 Å². The summed E-state index contributed by atoms with van der Waals surface area (Å²) in [6.07, 6.45) is 3.50. The summed E-state index contributed by atoms with van der Waals surface area (Å²) in [5.41, 5.74) is -0.965. The van der Waals surface area contributed by atoms with Gasteiger partial charge in [-0.3, -0.25) is 0 Å². The maximum atomic E-state index is 9.68. The van der Waals surface area contributed by atoms with E-state index < -0.39 is 5.72 Å². The Labute approximate surface area is 63.4 Å². The van der Waals surface area contributed by atoms with Gasteiger partial charge in [-0.15, -0.1) is 0 Å². The Balaban J connectivity index is 2.58. The Morgan fingerprint density at radius 2 is 2.55 bits per heavy atom. The highest BCUT2D eigenvalue weighted by Crippen LogP contribution is 2.23. The molecular weight excluding hydrogens is 144 g/mol. The fourth-order valence-corrected chi connectivity index (χ4v) is 1.05. The van der Waals surface area contributed by atoms with Gasteiger partial charge >= 0.3 is 0 Å². The monoisotopic (exact) mass is 152 g/mol. The highest BCUT2D eigenvalue weighted by Gasteiger charge is 2.28. The Morgan fingerprint density at radius 3 is 3.27 bits per heavy atom. The van der Waals surface area contributed by atoms with E-state index in [2.05, 4.69) is 15.1 Å². The second kappa shape index (κ2) is 1.88. The molecule has 1 aliphatic heterocycles. The summed E-state index contributed by atoms with van der Waals surface area (Å²) < 4.78 is 1.41. The van der Waals surface area contributed by atoms with Crippen LogP contribution in [0, 0.1) is 0 Å². The molecule has 11 heavy (non-hydrogen) atoms. The minimum absolute atomic E-state index is 0.459. The van der Waals surface area contributed by atoms with Crippen LogP contribution in [0.15, 0.2) is 11.3 Å². The summed E-state index contributed by atoms with van der Waals surface area (Å²) in [7, 11) is 0. The molecule has 1 aliphatic rings. The van der Waals surface area contributed by atoms with E-state index in [1.165, 1.54) is 11.0 Å². The van der Waals surface area contributed by atoms with Gasteiger partial charge in [-0.05, 0) is 6.92 Å². The van der Waals surface area contributed by atoms with Crippen LogP contribution in [0.4, 0.5) is 5.95 Å². The molecule has 0 fully saturated rings. The zero-order valence-corrected chi connectivity index (χ0v) is 6.10. The second-order valence-electron chi connectivity index (χ2n) is 2.70. The number of nitrogens with zero attached hydrogens (tertiary/aromatic N) is 4. The summed E-state index contributed by atoms with van der Waals surface area (Å²) in [5.74, 6) is 0.459. The smallest absolute Gasteiger partial charge is 0.250 e. The summed E-state index contributed by atoms with van der Waals surface area (Å²) >= 11 is 0. The number of hydrogen-bond donors (Lipinski definition) is 1. The van der Waals surface area contributed by atoms with Crippen molar-refractivity contribution in [3.05, 3.63) is 6.33 Å². The summed E-state index contributed by atoms with van der Waals surface area (Å²) in [6, 6.07) is 0. The molecule has 0 aliphatic carbocycles. The van der Waals surface area contributed by atoms with Crippen molar-refractivity contribution in [1.82, 2.24) is 14.8 Å². The zero-order chi connectivity index (χ0) is 7.90. The standard InChI is InChI=1S/C6H8N4O/c1-6(11)2-3-7-5-8-4-9-10(5)6/h3-4,11H,2H2,1H3. The van der Waals surface area contributed by atoms with Crippen LogP contribution in [0.3, 0.4) is 0 Å². The number of rotatable bonds is 0. The first-order valence-corrected chi connectivity index (χ1v) is 3.35. The quantitative estimate of drug-likeness (QED) is 0.571. The van der Waals surface area contributed by atoms with Crippen LogP contribution in [0.2, 0.25) is 0 Å². The van der Waals surface area contributed by atoms with Crippen molar-refractivity contribution in [2.75, 3.05) is 0 Å². The van der Waals surface area contributed by atoms with Gasteiger partial charge in [0.25, 0.3) is 0 Å². The van der Waals surface area contributed by atoms with E-state index in [1.807, 2.05) is 0 Å². The van der Waals surface area contributed by atoms with Crippen LogP contribution in [-0.2, 0) is 5.72 Å². The molecule has 2 rings (SSSR count). The Morgan fingerprint density at radius 1 is 1.73 bits per heavy atom. The molecule has 5 heteroatoms. The minimum atomic E-state index is -0.965. The summed E-state index contributed by atoms with van der Waals surface area (Å²) in [5, 5.41) is 13.5. The van der Waals surface area contributed by atoms with Gasteiger partial charge < -0.3 is 5.11 Å². The lowest BCUT2D eigenvalue weighted by Gasteiger charge is -2.24. The highest BCUT2D eigenvalue weighted by molar-refractivity contribution is 5.63. The van der Waals surface area contributed by atoms with Gasteiger partial charge in [-0.2, -0.15) is 14.8 Å². The van der Waals surface area contributed by atoms with Crippen LogP contribution >= 0.6 is 0 Å². The van der Waals surface area contributed by atoms with Crippen LogP contribution in [0.5, 0.6) is 0 Å². The average molecular weight is 152 g/mol. The van der Waals surface area contributed by atoms with Crippen molar-refractivity contribution in [2.45, 2.75) is 19.1 Å². The van der Waals surface area contributed by atoms with E-state index in [4.69, 9.17) is 0 Å². The molecule has 0 radical (unpaired) electrons. The Hall–Kier alpha value is -1.23. The Kier molecular flexibility index (Phi) is 1.11. The molecule has 0 saturated heterocycles. The minimum Gasteiger partial charge on any atom is -0.369 e. The van der Waals surface area contributed by atoms with Crippen molar-refractivity contribution < 1.29 is 5.11 Å². The van der Waals surface area contributed by atoms with E-state index in [0.717, 1.165) is 0 Å². The van der Waals surface area contributed by atoms with Crippen molar-refractivity contribution in [3.63, 3.8) is 0 Å².